The summed E-state index contributed by atoms with van der Waals surface area (Å²) in [5.41, 5.74) is 2.23. The third kappa shape index (κ3) is 4.44. The number of hydrogen-bond acceptors (Lipinski definition) is 6. The molecule has 1 aliphatic rings. The first-order valence-electron chi connectivity index (χ1n) is 11.8. The second-order valence-corrected chi connectivity index (χ2v) is 8.99. The third-order valence-electron chi connectivity index (χ3n) is 6.35. The Morgan fingerprint density at radius 1 is 1.14 bits per heavy atom. The molecule has 1 aromatic heterocycles. The molecule has 1 aliphatic heterocycles. The van der Waals surface area contributed by atoms with Crippen molar-refractivity contribution in [2.75, 3.05) is 18.6 Å². The molecule has 1 atom stereocenters. The van der Waals surface area contributed by atoms with Crippen LogP contribution in [0.4, 0.5) is 5.69 Å². The highest BCUT2D eigenvalue weighted by molar-refractivity contribution is 6.12. The van der Waals surface area contributed by atoms with Crippen molar-refractivity contribution in [3.63, 3.8) is 0 Å². The summed E-state index contributed by atoms with van der Waals surface area (Å²) < 4.78 is 11.9. The van der Waals surface area contributed by atoms with Gasteiger partial charge in [-0.2, -0.15) is 5.10 Å². The van der Waals surface area contributed by atoms with Gasteiger partial charge in [0.1, 0.15) is 17.0 Å². The lowest BCUT2D eigenvalue weighted by molar-refractivity contribution is -0.126. The summed E-state index contributed by atoms with van der Waals surface area (Å²) in [5, 5.41) is 7.27. The Hall–Kier alpha value is -4.14. The summed E-state index contributed by atoms with van der Waals surface area (Å²) in [4.78, 5) is 41.4. The lowest BCUT2D eigenvalue weighted by Gasteiger charge is -2.43. The minimum atomic E-state index is -1.33. The first-order chi connectivity index (χ1) is 17.2. The molecule has 188 valence electrons. The van der Waals surface area contributed by atoms with E-state index in [1.807, 2.05) is 56.3 Å². The Bertz CT molecular complexity index is 1330. The molecule has 0 bridgehead atoms. The summed E-state index contributed by atoms with van der Waals surface area (Å²) >= 11 is 0. The highest BCUT2D eigenvalue weighted by Crippen LogP contribution is 2.35. The van der Waals surface area contributed by atoms with E-state index >= 15 is 0 Å². The topological polar surface area (TPSA) is 103 Å². The Kier molecular flexibility index (Phi) is 6.83. The zero-order valence-electron chi connectivity index (χ0n) is 21.1. The van der Waals surface area contributed by atoms with Gasteiger partial charge in [-0.25, -0.2) is 4.79 Å². The number of benzene rings is 2. The van der Waals surface area contributed by atoms with E-state index < -0.39 is 17.4 Å². The Labute approximate surface area is 210 Å². The molecule has 0 fully saturated rings. The number of hydrogen-bond donors (Lipinski definition) is 1. The smallest absolute Gasteiger partial charge is 0.358 e. The van der Waals surface area contributed by atoms with Crippen molar-refractivity contribution < 1.29 is 23.9 Å². The predicted molar refractivity (Wildman–Crippen MR) is 134 cm³/mol. The number of amides is 2. The monoisotopic (exact) mass is 490 g/mol. The quantitative estimate of drug-likeness (QED) is 0.509. The SMILES string of the molecule is CCOC(=O)c1cc2n(n1)CC(C)(C(=O)NCc1ccccc1OC)N(c1ccc(C)cc1C)C2=O. The van der Waals surface area contributed by atoms with Crippen molar-refractivity contribution in [1.29, 1.82) is 0 Å². The fraction of sp³-hybridized carbons (Fsp3) is 0.333. The van der Waals surface area contributed by atoms with Crippen molar-refractivity contribution in [3.05, 3.63) is 76.6 Å². The zero-order chi connectivity index (χ0) is 26.0. The summed E-state index contributed by atoms with van der Waals surface area (Å²) in [7, 11) is 1.57. The number of anilines is 1. The van der Waals surface area contributed by atoms with Crippen LogP contribution in [0.2, 0.25) is 0 Å². The van der Waals surface area contributed by atoms with Gasteiger partial charge in [-0.3, -0.25) is 19.2 Å². The van der Waals surface area contributed by atoms with Crippen LogP contribution >= 0.6 is 0 Å². The summed E-state index contributed by atoms with van der Waals surface area (Å²) in [6.07, 6.45) is 0. The number of carbonyl (C=O) groups excluding carboxylic acids is 3. The molecule has 4 rings (SSSR count). The molecule has 3 aromatic rings. The van der Waals surface area contributed by atoms with Crippen LogP contribution in [-0.4, -0.2) is 46.8 Å². The maximum atomic E-state index is 13.9. The Morgan fingerprint density at radius 2 is 1.89 bits per heavy atom. The second-order valence-electron chi connectivity index (χ2n) is 8.99. The molecular formula is C27H30N4O5. The number of carbonyl (C=O) groups is 3. The molecule has 9 nitrogen and oxygen atoms in total. The van der Waals surface area contributed by atoms with Gasteiger partial charge >= 0.3 is 5.97 Å². The van der Waals surface area contributed by atoms with Gasteiger partial charge in [-0.05, 0) is 45.4 Å². The number of methoxy groups -OCH3 is 1. The van der Waals surface area contributed by atoms with Crippen LogP contribution in [0.1, 0.15) is 51.5 Å². The number of para-hydroxylation sites is 1. The average molecular weight is 491 g/mol. The van der Waals surface area contributed by atoms with Crippen LogP contribution in [0.3, 0.4) is 0 Å². The molecule has 0 saturated carbocycles. The molecule has 9 heteroatoms. The maximum Gasteiger partial charge on any atom is 0.358 e. The van der Waals surface area contributed by atoms with Gasteiger partial charge in [0.2, 0.25) is 5.91 Å². The summed E-state index contributed by atoms with van der Waals surface area (Å²) in [5.74, 6) is -0.748. The van der Waals surface area contributed by atoms with E-state index in [0.29, 0.717) is 11.4 Å². The molecule has 2 amide bonds. The van der Waals surface area contributed by atoms with E-state index in [1.165, 1.54) is 15.6 Å². The van der Waals surface area contributed by atoms with Crippen molar-refractivity contribution in [2.45, 2.75) is 46.3 Å². The van der Waals surface area contributed by atoms with Crippen LogP contribution in [0, 0.1) is 13.8 Å². The molecule has 0 saturated heterocycles. The van der Waals surface area contributed by atoms with Gasteiger partial charge in [0.25, 0.3) is 5.91 Å². The first-order valence-corrected chi connectivity index (χ1v) is 11.8. The molecule has 0 aliphatic carbocycles. The molecule has 0 radical (unpaired) electrons. The van der Waals surface area contributed by atoms with Gasteiger partial charge < -0.3 is 14.8 Å². The van der Waals surface area contributed by atoms with E-state index in [0.717, 1.165) is 16.7 Å². The van der Waals surface area contributed by atoms with Gasteiger partial charge in [0.15, 0.2) is 5.69 Å². The fourth-order valence-corrected chi connectivity index (χ4v) is 4.54. The number of aryl methyl sites for hydroxylation is 2. The van der Waals surface area contributed by atoms with Crippen LogP contribution < -0.4 is 15.0 Å². The number of rotatable bonds is 7. The lowest BCUT2D eigenvalue weighted by atomic mass is 9.92. The largest absolute Gasteiger partial charge is 0.496 e. The van der Waals surface area contributed by atoms with Crippen molar-refractivity contribution in [2.24, 2.45) is 0 Å². The summed E-state index contributed by atoms with van der Waals surface area (Å²) in [6.45, 7) is 7.73. The first kappa shape index (κ1) is 25.0. The summed E-state index contributed by atoms with van der Waals surface area (Å²) in [6, 6.07) is 14.5. The Balaban J connectivity index is 1.75. The minimum Gasteiger partial charge on any atom is -0.496 e. The number of nitrogens with one attached hydrogen (secondary N) is 1. The van der Waals surface area contributed by atoms with Crippen LogP contribution in [0.5, 0.6) is 5.75 Å². The standard InChI is InChI=1S/C27H30N4O5/c1-6-36-25(33)20-14-22-24(32)31(21-12-11-17(2)13-18(21)3)27(4,16-30(22)29-20)26(34)28-15-19-9-7-8-10-23(19)35-5/h7-14H,6,15-16H2,1-5H3,(H,28,34). The van der Waals surface area contributed by atoms with E-state index in [9.17, 15) is 14.4 Å². The zero-order valence-corrected chi connectivity index (χ0v) is 21.1. The Morgan fingerprint density at radius 3 is 2.58 bits per heavy atom. The lowest BCUT2D eigenvalue weighted by Crippen LogP contribution is -2.64. The van der Waals surface area contributed by atoms with Gasteiger partial charge in [0.05, 0.1) is 20.3 Å². The second kappa shape index (κ2) is 9.85. The molecule has 1 N–H and O–H groups in total. The van der Waals surface area contributed by atoms with Gasteiger partial charge in [-0.15, -0.1) is 0 Å². The van der Waals surface area contributed by atoms with E-state index in [2.05, 4.69) is 10.4 Å². The van der Waals surface area contributed by atoms with E-state index in [4.69, 9.17) is 9.47 Å². The normalized spacial score (nSPS) is 16.9. The van der Waals surface area contributed by atoms with Crippen LogP contribution in [-0.2, 0) is 22.6 Å². The fourth-order valence-electron chi connectivity index (χ4n) is 4.54. The average Bonchev–Trinajstić information content (AvgIpc) is 3.28. The highest BCUT2D eigenvalue weighted by Gasteiger charge is 2.49. The van der Waals surface area contributed by atoms with Crippen molar-refractivity contribution in [1.82, 2.24) is 15.1 Å². The number of esters is 1. The van der Waals surface area contributed by atoms with Gasteiger partial charge in [0, 0.05) is 23.9 Å². The number of fused-ring (bicyclic) bond motifs is 1. The number of aromatic nitrogens is 2. The highest BCUT2D eigenvalue weighted by atomic mass is 16.5. The van der Waals surface area contributed by atoms with Crippen LogP contribution in [0.15, 0.2) is 48.5 Å². The van der Waals surface area contributed by atoms with E-state index in [1.54, 1.807) is 21.0 Å². The van der Waals surface area contributed by atoms with E-state index in [-0.39, 0.29) is 37.0 Å². The molecule has 0 spiro atoms. The molecule has 36 heavy (non-hydrogen) atoms. The van der Waals surface area contributed by atoms with Crippen molar-refractivity contribution in [3.8, 4) is 5.75 Å². The maximum absolute atomic E-state index is 13.9. The minimum absolute atomic E-state index is 0.0273. The predicted octanol–water partition coefficient (Wildman–Crippen LogP) is 3.42. The number of nitrogens with zero attached hydrogens (tertiary/aromatic N) is 3. The van der Waals surface area contributed by atoms with Gasteiger partial charge in [-0.1, -0.05) is 35.9 Å². The molecule has 2 heterocycles. The van der Waals surface area contributed by atoms with Crippen LogP contribution in [0.25, 0.3) is 0 Å². The molecule has 2 aromatic carbocycles. The molecular weight excluding hydrogens is 460 g/mol. The molecule has 1 unspecified atom stereocenters. The number of ether oxygens (including phenoxy) is 2. The third-order valence-corrected chi connectivity index (χ3v) is 6.35. The van der Waals surface area contributed by atoms with Crippen molar-refractivity contribution >= 4 is 23.5 Å².